The molecule has 2 unspecified atom stereocenters. The summed E-state index contributed by atoms with van der Waals surface area (Å²) < 4.78 is 5.61. The Morgan fingerprint density at radius 1 is 1.22 bits per heavy atom. The van der Waals surface area contributed by atoms with Crippen molar-refractivity contribution in [1.29, 1.82) is 0 Å². The monoisotopic (exact) mass is 263 g/mol. The predicted octanol–water partition coefficient (Wildman–Crippen LogP) is 5.15. The van der Waals surface area contributed by atoms with Crippen LogP contribution in [-0.4, -0.2) is 4.98 Å². The van der Waals surface area contributed by atoms with E-state index in [0.717, 1.165) is 17.7 Å². The SMILES string of the molecule is CCC(C)c1ccc(-c2cnc(C(C)Cl)o2)cc1. The zero-order valence-electron chi connectivity index (χ0n) is 11.0. The Morgan fingerprint density at radius 2 is 1.89 bits per heavy atom. The average Bonchev–Trinajstić information content (AvgIpc) is 2.88. The van der Waals surface area contributed by atoms with Gasteiger partial charge in [-0.3, -0.25) is 0 Å². The second-order valence-electron chi connectivity index (χ2n) is 4.61. The lowest BCUT2D eigenvalue weighted by atomic mass is 9.97. The molecule has 1 heterocycles. The maximum Gasteiger partial charge on any atom is 0.212 e. The molecule has 2 atom stereocenters. The number of alkyl halides is 1. The highest BCUT2D eigenvalue weighted by Crippen LogP contribution is 2.27. The number of benzene rings is 1. The Morgan fingerprint density at radius 3 is 2.39 bits per heavy atom. The molecule has 0 spiro atoms. The highest BCUT2D eigenvalue weighted by atomic mass is 35.5. The summed E-state index contributed by atoms with van der Waals surface area (Å²) in [5.41, 5.74) is 2.39. The molecule has 1 aromatic heterocycles. The lowest BCUT2D eigenvalue weighted by Crippen LogP contribution is -1.90. The lowest BCUT2D eigenvalue weighted by Gasteiger charge is -2.08. The van der Waals surface area contributed by atoms with E-state index in [1.54, 1.807) is 6.20 Å². The van der Waals surface area contributed by atoms with Crippen LogP contribution in [0.2, 0.25) is 0 Å². The normalized spacial score (nSPS) is 14.4. The molecular formula is C15H18ClNO. The van der Waals surface area contributed by atoms with E-state index in [4.69, 9.17) is 16.0 Å². The molecule has 1 aromatic carbocycles. The van der Waals surface area contributed by atoms with Gasteiger partial charge in [-0.05, 0) is 24.8 Å². The van der Waals surface area contributed by atoms with Crippen molar-refractivity contribution in [3.8, 4) is 11.3 Å². The van der Waals surface area contributed by atoms with Crippen LogP contribution in [0.5, 0.6) is 0 Å². The fourth-order valence-electron chi connectivity index (χ4n) is 1.82. The topological polar surface area (TPSA) is 26.0 Å². The van der Waals surface area contributed by atoms with Crippen LogP contribution in [0.4, 0.5) is 0 Å². The summed E-state index contributed by atoms with van der Waals surface area (Å²) in [5.74, 6) is 1.93. The number of nitrogens with zero attached hydrogens (tertiary/aromatic N) is 1. The minimum absolute atomic E-state index is 0.196. The third-order valence-corrected chi connectivity index (χ3v) is 3.43. The molecular weight excluding hydrogens is 246 g/mol. The van der Waals surface area contributed by atoms with Crippen LogP contribution >= 0.6 is 11.6 Å². The Balaban J connectivity index is 2.23. The standard InChI is InChI=1S/C15H18ClNO/c1-4-10(2)12-5-7-13(8-6-12)14-9-17-15(18-14)11(3)16/h5-11H,4H2,1-3H3. The number of hydrogen-bond acceptors (Lipinski definition) is 2. The van der Waals surface area contributed by atoms with E-state index in [-0.39, 0.29) is 5.38 Å². The van der Waals surface area contributed by atoms with Crippen molar-refractivity contribution in [3.05, 3.63) is 41.9 Å². The molecule has 0 aliphatic heterocycles. The summed E-state index contributed by atoms with van der Waals surface area (Å²) in [6.07, 6.45) is 2.88. The molecule has 2 aromatic rings. The van der Waals surface area contributed by atoms with E-state index in [2.05, 4.69) is 43.1 Å². The highest BCUT2D eigenvalue weighted by molar-refractivity contribution is 6.20. The number of hydrogen-bond donors (Lipinski definition) is 0. The minimum Gasteiger partial charge on any atom is -0.439 e. The second kappa shape index (κ2) is 5.57. The predicted molar refractivity (Wildman–Crippen MR) is 74.9 cm³/mol. The van der Waals surface area contributed by atoms with Gasteiger partial charge in [0.1, 0.15) is 5.38 Å². The van der Waals surface area contributed by atoms with Crippen molar-refractivity contribution < 1.29 is 4.42 Å². The van der Waals surface area contributed by atoms with Gasteiger partial charge in [-0.15, -0.1) is 11.6 Å². The van der Waals surface area contributed by atoms with Crippen LogP contribution in [0.15, 0.2) is 34.9 Å². The molecule has 0 aliphatic carbocycles. The molecule has 3 heteroatoms. The Kier molecular flexibility index (Phi) is 4.07. The third kappa shape index (κ3) is 2.75. The van der Waals surface area contributed by atoms with Gasteiger partial charge in [0.25, 0.3) is 0 Å². The van der Waals surface area contributed by atoms with Crippen LogP contribution in [0.1, 0.15) is 49.9 Å². The fourth-order valence-corrected chi connectivity index (χ4v) is 1.92. The van der Waals surface area contributed by atoms with Crippen molar-refractivity contribution in [3.63, 3.8) is 0 Å². The van der Waals surface area contributed by atoms with E-state index >= 15 is 0 Å². The maximum absolute atomic E-state index is 5.93. The van der Waals surface area contributed by atoms with Gasteiger partial charge in [0.2, 0.25) is 5.89 Å². The van der Waals surface area contributed by atoms with Gasteiger partial charge in [0.05, 0.1) is 6.20 Å². The van der Waals surface area contributed by atoms with Crippen LogP contribution in [0.3, 0.4) is 0 Å². The van der Waals surface area contributed by atoms with E-state index in [1.807, 2.05) is 6.92 Å². The number of rotatable bonds is 4. The number of halogens is 1. The molecule has 2 rings (SSSR count). The van der Waals surface area contributed by atoms with Gasteiger partial charge in [-0.1, -0.05) is 38.1 Å². The second-order valence-corrected chi connectivity index (χ2v) is 5.26. The van der Waals surface area contributed by atoms with Crippen LogP contribution < -0.4 is 0 Å². The van der Waals surface area contributed by atoms with Crippen molar-refractivity contribution in [2.45, 2.75) is 38.5 Å². The quantitative estimate of drug-likeness (QED) is 0.713. The Bertz CT molecular complexity index is 501. The average molecular weight is 264 g/mol. The smallest absolute Gasteiger partial charge is 0.212 e. The number of oxazole rings is 1. The van der Waals surface area contributed by atoms with Crippen molar-refractivity contribution >= 4 is 11.6 Å². The van der Waals surface area contributed by atoms with Crippen molar-refractivity contribution in [1.82, 2.24) is 4.98 Å². The summed E-state index contributed by atoms with van der Waals surface area (Å²) in [6, 6.07) is 8.45. The number of aromatic nitrogens is 1. The van der Waals surface area contributed by atoms with Gasteiger partial charge >= 0.3 is 0 Å². The molecule has 0 aliphatic rings. The van der Waals surface area contributed by atoms with Crippen LogP contribution in [0, 0.1) is 0 Å². The highest BCUT2D eigenvalue weighted by Gasteiger charge is 2.11. The van der Waals surface area contributed by atoms with E-state index in [1.165, 1.54) is 5.56 Å². The van der Waals surface area contributed by atoms with Gasteiger partial charge in [-0.2, -0.15) is 0 Å². The van der Waals surface area contributed by atoms with Gasteiger partial charge in [-0.25, -0.2) is 4.98 Å². The summed E-state index contributed by atoms with van der Waals surface area (Å²) in [6.45, 7) is 6.28. The fraction of sp³-hybridized carbons (Fsp3) is 0.400. The van der Waals surface area contributed by atoms with Crippen LogP contribution in [0.25, 0.3) is 11.3 Å². The molecule has 0 fully saturated rings. The molecule has 0 N–H and O–H groups in total. The first-order valence-corrected chi connectivity index (χ1v) is 6.75. The van der Waals surface area contributed by atoms with Gasteiger partial charge in [0, 0.05) is 5.56 Å². The zero-order chi connectivity index (χ0) is 13.1. The van der Waals surface area contributed by atoms with E-state index in [9.17, 15) is 0 Å². The molecule has 0 radical (unpaired) electrons. The molecule has 0 amide bonds. The summed E-state index contributed by atoms with van der Waals surface area (Å²) in [5, 5.41) is -0.196. The summed E-state index contributed by atoms with van der Waals surface area (Å²) >= 11 is 5.93. The summed E-state index contributed by atoms with van der Waals surface area (Å²) in [7, 11) is 0. The molecule has 0 bridgehead atoms. The molecule has 2 nitrogen and oxygen atoms in total. The van der Waals surface area contributed by atoms with E-state index < -0.39 is 0 Å². The zero-order valence-corrected chi connectivity index (χ0v) is 11.7. The first kappa shape index (κ1) is 13.2. The molecule has 18 heavy (non-hydrogen) atoms. The third-order valence-electron chi connectivity index (χ3n) is 3.24. The van der Waals surface area contributed by atoms with Gasteiger partial charge < -0.3 is 4.42 Å². The Hall–Kier alpha value is -1.28. The summed E-state index contributed by atoms with van der Waals surface area (Å²) in [4.78, 5) is 4.17. The van der Waals surface area contributed by atoms with Crippen molar-refractivity contribution in [2.24, 2.45) is 0 Å². The van der Waals surface area contributed by atoms with Gasteiger partial charge in [0.15, 0.2) is 5.76 Å². The van der Waals surface area contributed by atoms with Crippen molar-refractivity contribution in [2.75, 3.05) is 0 Å². The molecule has 0 saturated carbocycles. The molecule has 0 saturated heterocycles. The lowest BCUT2D eigenvalue weighted by molar-refractivity contribution is 0.508. The molecule has 96 valence electrons. The minimum atomic E-state index is -0.196. The van der Waals surface area contributed by atoms with E-state index in [0.29, 0.717) is 11.8 Å². The first-order chi connectivity index (χ1) is 8.61. The Labute approximate surface area is 113 Å². The largest absolute Gasteiger partial charge is 0.439 e. The van der Waals surface area contributed by atoms with Crippen LogP contribution in [-0.2, 0) is 0 Å². The first-order valence-electron chi connectivity index (χ1n) is 6.32. The maximum atomic E-state index is 5.93.